The maximum Gasteiger partial charge on any atom is 0.290 e. The summed E-state index contributed by atoms with van der Waals surface area (Å²) in [7, 11) is 0. The molecule has 1 aromatic rings. The van der Waals surface area contributed by atoms with Crippen molar-refractivity contribution >= 4 is 29.0 Å². The first-order valence-electron chi connectivity index (χ1n) is 4.18. The molecule has 0 unspecified atom stereocenters. The normalized spacial score (nSPS) is 18.3. The van der Waals surface area contributed by atoms with E-state index >= 15 is 0 Å². The first-order chi connectivity index (χ1) is 7.16. The molecule has 1 saturated heterocycles. The lowest BCUT2D eigenvalue weighted by molar-refractivity contribution is -0.115. The molecule has 1 fully saturated rings. The van der Waals surface area contributed by atoms with Crippen LogP contribution in [0.4, 0.5) is 4.79 Å². The van der Waals surface area contributed by atoms with Gasteiger partial charge >= 0.3 is 0 Å². The molecule has 2 amide bonds. The van der Waals surface area contributed by atoms with E-state index in [4.69, 9.17) is 0 Å². The third-order valence-electron chi connectivity index (χ3n) is 1.85. The van der Waals surface area contributed by atoms with Crippen LogP contribution in [0.1, 0.15) is 5.56 Å². The van der Waals surface area contributed by atoms with Crippen LogP contribution < -0.4 is 5.32 Å². The fourth-order valence-corrected chi connectivity index (χ4v) is 1.84. The van der Waals surface area contributed by atoms with E-state index in [1.54, 1.807) is 18.2 Å². The molecule has 0 aliphatic carbocycles. The molecule has 0 aromatic heterocycles. The number of thioether (sulfide) groups is 1. The third kappa shape index (κ3) is 2.02. The lowest BCUT2D eigenvalue weighted by Crippen LogP contribution is -2.17. The van der Waals surface area contributed by atoms with Gasteiger partial charge in [0.1, 0.15) is 0 Å². The largest absolute Gasteiger partial charge is 0.290 e. The Balaban J connectivity index is 2.35. The Bertz CT molecular complexity index is 467. The van der Waals surface area contributed by atoms with E-state index in [9.17, 15) is 14.7 Å². The summed E-state index contributed by atoms with van der Waals surface area (Å²) in [5, 5.41) is 13.0. The minimum Gasteiger partial charge on any atom is -0.289 e. The van der Waals surface area contributed by atoms with Crippen LogP contribution in [0, 0.1) is 0 Å². The average Bonchev–Trinajstić information content (AvgIpc) is 2.49. The molecule has 75 valence electrons. The number of carbonyl (C=O) groups is 2. The van der Waals surface area contributed by atoms with Gasteiger partial charge in [0.15, 0.2) is 5.75 Å². The van der Waals surface area contributed by atoms with Gasteiger partial charge in [-0.2, -0.15) is 0 Å². The standard InChI is InChI=1S/C10H6NO3S/c12-7-4-2-1-3-6(7)5-8-9(13)11-10(14)15-8/h1-5H,(H,11,13,14). The van der Waals surface area contributed by atoms with Gasteiger partial charge in [-0.25, -0.2) is 0 Å². The Morgan fingerprint density at radius 2 is 1.93 bits per heavy atom. The second kappa shape index (κ2) is 3.78. The highest BCUT2D eigenvalue weighted by Gasteiger charge is 2.25. The molecule has 1 aromatic carbocycles. The molecule has 1 N–H and O–H groups in total. The highest BCUT2D eigenvalue weighted by Crippen LogP contribution is 2.28. The molecule has 0 spiro atoms. The minimum absolute atomic E-state index is 0.169. The fraction of sp³-hybridized carbons (Fsp3) is 0. The van der Waals surface area contributed by atoms with Crippen molar-refractivity contribution in [2.45, 2.75) is 0 Å². The van der Waals surface area contributed by atoms with E-state index in [2.05, 4.69) is 5.32 Å². The quantitative estimate of drug-likeness (QED) is 0.737. The molecule has 15 heavy (non-hydrogen) atoms. The van der Waals surface area contributed by atoms with Crippen LogP contribution in [0.2, 0.25) is 0 Å². The highest BCUT2D eigenvalue weighted by molar-refractivity contribution is 8.18. The van der Waals surface area contributed by atoms with E-state index < -0.39 is 11.1 Å². The van der Waals surface area contributed by atoms with Gasteiger partial charge in [-0.15, -0.1) is 0 Å². The van der Waals surface area contributed by atoms with Gasteiger partial charge in [-0.3, -0.25) is 20.0 Å². The van der Waals surface area contributed by atoms with Gasteiger partial charge in [0, 0.05) is 5.56 Å². The van der Waals surface area contributed by atoms with Crippen LogP contribution in [-0.2, 0) is 9.90 Å². The summed E-state index contributed by atoms with van der Waals surface area (Å²) in [6.07, 6.45) is 1.42. The molecule has 0 saturated carbocycles. The summed E-state index contributed by atoms with van der Waals surface area (Å²) in [5.41, 5.74) is 0.407. The number of carbonyl (C=O) groups excluding carboxylic acids is 2. The number of hydrogen-bond acceptors (Lipinski definition) is 3. The Morgan fingerprint density at radius 1 is 1.20 bits per heavy atom. The summed E-state index contributed by atoms with van der Waals surface area (Å²) >= 11 is 0.800. The predicted octanol–water partition coefficient (Wildman–Crippen LogP) is 2.15. The summed E-state index contributed by atoms with van der Waals surface area (Å²) in [4.78, 5) is 22.3. The highest BCUT2D eigenvalue weighted by atomic mass is 32.2. The Kier molecular flexibility index (Phi) is 2.47. The topological polar surface area (TPSA) is 66.1 Å². The van der Waals surface area contributed by atoms with Gasteiger partial charge in [0.2, 0.25) is 0 Å². The first-order valence-corrected chi connectivity index (χ1v) is 4.99. The van der Waals surface area contributed by atoms with Crippen molar-refractivity contribution in [1.29, 1.82) is 0 Å². The number of nitrogens with one attached hydrogen (secondary N) is 1. The zero-order valence-electron chi connectivity index (χ0n) is 7.52. The van der Waals surface area contributed by atoms with Crippen molar-refractivity contribution < 1.29 is 14.7 Å². The van der Waals surface area contributed by atoms with Crippen molar-refractivity contribution in [2.75, 3.05) is 0 Å². The molecule has 2 rings (SSSR count). The number of rotatable bonds is 1. The second-order valence-corrected chi connectivity index (χ2v) is 3.90. The lowest BCUT2D eigenvalue weighted by atomic mass is 10.2. The van der Waals surface area contributed by atoms with E-state index in [0.717, 1.165) is 11.8 Å². The SMILES string of the molecule is [O]c1ccccc1C=C1SC(=O)NC1=O. The Hall–Kier alpha value is -1.75. The van der Waals surface area contributed by atoms with Crippen LogP contribution in [0.25, 0.3) is 6.08 Å². The molecule has 4 nitrogen and oxygen atoms in total. The van der Waals surface area contributed by atoms with E-state index in [1.165, 1.54) is 12.1 Å². The van der Waals surface area contributed by atoms with Gasteiger partial charge < -0.3 is 0 Å². The zero-order valence-corrected chi connectivity index (χ0v) is 8.34. The molecule has 5 heteroatoms. The van der Waals surface area contributed by atoms with Crippen LogP contribution in [0.15, 0.2) is 29.2 Å². The van der Waals surface area contributed by atoms with Gasteiger partial charge in [0.05, 0.1) is 4.91 Å². The van der Waals surface area contributed by atoms with Crippen molar-refractivity contribution in [3.05, 3.63) is 34.7 Å². The van der Waals surface area contributed by atoms with E-state index in [0.29, 0.717) is 5.56 Å². The third-order valence-corrected chi connectivity index (χ3v) is 2.66. The van der Waals surface area contributed by atoms with Crippen molar-refractivity contribution in [3.63, 3.8) is 0 Å². The van der Waals surface area contributed by atoms with Crippen LogP contribution in [0.3, 0.4) is 0 Å². The summed E-state index contributed by atoms with van der Waals surface area (Å²) in [6, 6.07) is 6.34. The molecule has 1 aliphatic rings. The summed E-state index contributed by atoms with van der Waals surface area (Å²) in [6.45, 7) is 0. The predicted molar refractivity (Wildman–Crippen MR) is 55.7 cm³/mol. The number of imide groups is 1. The fourth-order valence-electron chi connectivity index (χ4n) is 1.16. The smallest absolute Gasteiger partial charge is 0.289 e. The lowest BCUT2D eigenvalue weighted by Gasteiger charge is -1.95. The maximum atomic E-state index is 11.3. The molecule has 0 bridgehead atoms. The van der Waals surface area contributed by atoms with E-state index in [-0.39, 0.29) is 10.7 Å². The van der Waals surface area contributed by atoms with Crippen molar-refractivity contribution in [1.82, 2.24) is 5.32 Å². The monoisotopic (exact) mass is 220 g/mol. The number of para-hydroxylation sites is 1. The summed E-state index contributed by atoms with van der Waals surface area (Å²) < 4.78 is 0. The van der Waals surface area contributed by atoms with Gasteiger partial charge in [0.25, 0.3) is 11.1 Å². The van der Waals surface area contributed by atoms with Crippen LogP contribution in [0.5, 0.6) is 5.75 Å². The maximum absolute atomic E-state index is 11.3. The molecule has 1 aliphatic heterocycles. The number of amides is 2. The molecule has 1 radical (unpaired) electrons. The van der Waals surface area contributed by atoms with Crippen LogP contribution in [-0.4, -0.2) is 11.1 Å². The second-order valence-electron chi connectivity index (χ2n) is 2.89. The van der Waals surface area contributed by atoms with Gasteiger partial charge in [-0.1, -0.05) is 18.2 Å². The average molecular weight is 220 g/mol. The van der Waals surface area contributed by atoms with Crippen molar-refractivity contribution in [2.24, 2.45) is 0 Å². The molecular weight excluding hydrogens is 214 g/mol. The molecule has 0 atom stereocenters. The zero-order chi connectivity index (χ0) is 10.8. The molecular formula is C10H6NO3S. The van der Waals surface area contributed by atoms with E-state index in [1.807, 2.05) is 0 Å². The Morgan fingerprint density at radius 3 is 2.53 bits per heavy atom. The van der Waals surface area contributed by atoms with Gasteiger partial charge in [-0.05, 0) is 23.9 Å². The number of benzene rings is 1. The van der Waals surface area contributed by atoms with Crippen LogP contribution >= 0.6 is 11.8 Å². The minimum atomic E-state index is -0.451. The first kappa shape index (κ1) is 9.79. The summed E-state index contributed by atoms with van der Waals surface area (Å²) in [5.74, 6) is -0.619. The Labute approximate surface area is 90.0 Å². The van der Waals surface area contributed by atoms with Crippen molar-refractivity contribution in [3.8, 4) is 5.75 Å². The number of hydrogen-bond donors (Lipinski definition) is 1. The molecule has 1 heterocycles.